The van der Waals surface area contributed by atoms with E-state index in [-0.39, 0.29) is 11.9 Å². The normalized spacial score (nSPS) is 13.6. The van der Waals surface area contributed by atoms with Gasteiger partial charge in [0, 0.05) is 6.04 Å². The van der Waals surface area contributed by atoms with Crippen molar-refractivity contribution >= 4 is 17.2 Å². The predicted octanol–water partition coefficient (Wildman–Crippen LogP) is 1.57. The summed E-state index contributed by atoms with van der Waals surface area (Å²) in [4.78, 5) is 11.4. The maximum Gasteiger partial charge on any atom is 0.251 e. The van der Waals surface area contributed by atoms with Crippen LogP contribution < -0.4 is 5.32 Å². The first-order chi connectivity index (χ1) is 6.89. The molecule has 1 atom stereocenters. The highest BCUT2D eigenvalue weighted by atomic mass is 32.1. The number of aliphatic hydroxyl groups is 1. The molecule has 1 aromatic heterocycles. The minimum atomic E-state index is -1.30. The Kier molecular flexibility index (Phi) is 3.88. The molecule has 0 saturated heterocycles. The lowest BCUT2D eigenvalue weighted by atomic mass is 10.1. The van der Waals surface area contributed by atoms with Gasteiger partial charge in [-0.05, 0) is 49.6 Å². The second-order valence-electron chi connectivity index (χ2n) is 4.27. The van der Waals surface area contributed by atoms with E-state index in [2.05, 4.69) is 10.7 Å². The number of rotatable bonds is 4. The molecular formula is C11H17NO2S. The Morgan fingerprint density at radius 3 is 2.80 bits per heavy atom. The molecule has 1 rings (SSSR count). The minimum absolute atomic E-state index is 0.0403. The summed E-state index contributed by atoms with van der Waals surface area (Å²) in [5.74, 6) is -0.328. The first-order valence-corrected chi connectivity index (χ1v) is 5.88. The molecule has 1 aromatic rings. The number of amides is 1. The van der Waals surface area contributed by atoms with Crippen molar-refractivity contribution in [2.45, 2.75) is 38.8 Å². The second kappa shape index (κ2) is 4.77. The van der Waals surface area contributed by atoms with Crippen LogP contribution in [0.15, 0.2) is 16.8 Å². The van der Waals surface area contributed by atoms with Crippen LogP contribution in [0, 0.1) is 0 Å². The fourth-order valence-electron chi connectivity index (χ4n) is 1.21. The topological polar surface area (TPSA) is 49.3 Å². The van der Waals surface area contributed by atoms with Gasteiger partial charge in [0.1, 0.15) is 5.60 Å². The summed E-state index contributed by atoms with van der Waals surface area (Å²) in [5, 5.41) is 16.3. The van der Waals surface area contributed by atoms with E-state index in [1.165, 1.54) is 19.4 Å². The maximum absolute atomic E-state index is 11.4. The fourth-order valence-corrected chi connectivity index (χ4v) is 1.90. The Morgan fingerprint density at radius 2 is 2.33 bits per heavy atom. The van der Waals surface area contributed by atoms with Crippen molar-refractivity contribution < 1.29 is 9.90 Å². The summed E-state index contributed by atoms with van der Waals surface area (Å²) >= 11 is 1.64. The fraction of sp³-hybridized carbons (Fsp3) is 0.545. The Labute approximate surface area is 94.1 Å². The summed E-state index contributed by atoms with van der Waals surface area (Å²) in [7, 11) is 0. The van der Waals surface area contributed by atoms with Crippen molar-refractivity contribution in [3.8, 4) is 0 Å². The van der Waals surface area contributed by atoms with Gasteiger partial charge < -0.3 is 10.4 Å². The molecule has 15 heavy (non-hydrogen) atoms. The standard InChI is InChI=1S/C11H17NO2S/c1-8(6-9-4-5-15-7-9)12-10(13)11(2,3)14/h4-5,7-8,14H,6H2,1-3H3,(H,12,13). The zero-order chi connectivity index (χ0) is 11.5. The third-order valence-electron chi connectivity index (χ3n) is 2.06. The molecule has 3 nitrogen and oxygen atoms in total. The van der Waals surface area contributed by atoms with Crippen LogP contribution in [0.4, 0.5) is 0 Å². The van der Waals surface area contributed by atoms with Crippen molar-refractivity contribution in [2.24, 2.45) is 0 Å². The van der Waals surface area contributed by atoms with Crippen LogP contribution in [0.25, 0.3) is 0 Å². The third-order valence-corrected chi connectivity index (χ3v) is 2.79. The van der Waals surface area contributed by atoms with Crippen LogP contribution >= 0.6 is 11.3 Å². The summed E-state index contributed by atoms with van der Waals surface area (Å²) in [6.07, 6.45) is 0.797. The first-order valence-electron chi connectivity index (χ1n) is 4.94. The smallest absolute Gasteiger partial charge is 0.251 e. The van der Waals surface area contributed by atoms with Crippen LogP contribution in [-0.4, -0.2) is 22.7 Å². The summed E-state index contributed by atoms with van der Waals surface area (Å²) in [5.41, 5.74) is -0.0911. The lowest BCUT2D eigenvalue weighted by Gasteiger charge is -2.20. The monoisotopic (exact) mass is 227 g/mol. The number of carbonyl (C=O) groups excluding carboxylic acids is 1. The summed E-state index contributed by atoms with van der Waals surface area (Å²) in [6.45, 7) is 4.90. The highest BCUT2D eigenvalue weighted by molar-refractivity contribution is 7.07. The van der Waals surface area contributed by atoms with Gasteiger partial charge >= 0.3 is 0 Å². The van der Waals surface area contributed by atoms with E-state index < -0.39 is 5.60 Å². The van der Waals surface area contributed by atoms with Gasteiger partial charge in [-0.25, -0.2) is 0 Å². The van der Waals surface area contributed by atoms with Gasteiger partial charge in [0.05, 0.1) is 0 Å². The number of thiophene rings is 1. The first kappa shape index (κ1) is 12.2. The zero-order valence-corrected chi connectivity index (χ0v) is 10.1. The molecular weight excluding hydrogens is 210 g/mol. The van der Waals surface area contributed by atoms with E-state index in [0.29, 0.717) is 0 Å². The van der Waals surface area contributed by atoms with E-state index in [1.807, 2.05) is 18.4 Å². The van der Waals surface area contributed by atoms with E-state index in [4.69, 9.17) is 0 Å². The highest BCUT2D eigenvalue weighted by Gasteiger charge is 2.24. The van der Waals surface area contributed by atoms with Gasteiger partial charge in [0.25, 0.3) is 5.91 Å². The molecule has 0 radical (unpaired) electrons. The molecule has 2 N–H and O–H groups in total. The predicted molar refractivity (Wildman–Crippen MR) is 61.9 cm³/mol. The van der Waals surface area contributed by atoms with Gasteiger partial charge in [0.2, 0.25) is 0 Å². The quantitative estimate of drug-likeness (QED) is 0.820. The number of carbonyl (C=O) groups is 1. The van der Waals surface area contributed by atoms with Crippen molar-refractivity contribution in [3.05, 3.63) is 22.4 Å². The second-order valence-corrected chi connectivity index (χ2v) is 5.05. The van der Waals surface area contributed by atoms with Crippen LogP contribution in [-0.2, 0) is 11.2 Å². The number of hydrogen-bond donors (Lipinski definition) is 2. The third kappa shape index (κ3) is 4.01. The molecule has 0 bridgehead atoms. The molecule has 0 fully saturated rings. The van der Waals surface area contributed by atoms with E-state index in [1.54, 1.807) is 11.3 Å². The van der Waals surface area contributed by atoms with Gasteiger partial charge in [-0.2, -0.15) is 11.3 Å². The molecule has 0 saturated carbocycles. The minimum Gasteiger partial charge on any atom is -0.381 e. The Hall–Kier alpha value is -0.870. The summed E-state index contributed by atoms with van der Waals surface area (Å²) < 4.78 is 0. The summed E-state index contributed by atoms with van der Waals surface area (Å²) in [6, 6.07) is 2.08. The van der Waals surface area contributed by atoms with Crippen molar-refractivity contribution in [1.29, 1.82) is 0 Å². The highest BCUT2D eigenvalue weighted by Crippen LogP contribution is 2.09. The van der Waals surface area contributed by atoms with Gasteiger partial charge in [-0.3, -0.25) is 4.79 Å². The Morgan fingerprint density at radius 1 is 1.67 bits per heavy atom. The Balaban J connectivity index is 2.43. The van der Waals surface area contributed by atoms with Crippen LogP contribution in [0.3, 0.4) is 0 Å². The van der Waals surface area contributed by atoms with Crippen molar-refractivity contribution in [2.75, 3.05) is 0 Å². The zero-order valence-electron chi connectivity index (χ0n) is 9.28. The van der Waals surface area contributed by atoms with E-state index >= 15 is 0 Å². The molecule has 0 aliphatic carbocycles. The SMILES string of the molecule is CC(Cc1ccsc1)NC(=O)C(C)(C)O. The van der Waals surface area contributed by atoms with Crippen LogP contribution in [0.2, 0.25) is 0 Å². The molecule has 4 heteroatoms. The molecule has 0 spiro atoms. The molecule has 1 amide bonds. The molecule has 0 aliphatic rings. The lowest BCUT2D eigenvalue weighted by molar-refractivity contribution is -0.137. The molecule has 84 valence electrons. The van der Waals surface area contributed by atoms with Crippen LogP contribution in [0.1, 0.15) is 26.3 Å². The van der Waals surface area contributed by atoms with E-state index in [9.17, 15) is 9.90 Å². The van der Waals surface area contributed by atoms with Gasteiger partial charge in [0.15, 0.2) is 0 Å². The van der Waals surface area contributed by atoms with Crippen molar-refractivity contribution in [1.82, 2.24) is 5.32 Å². The van der Waals surface area contributed by atoms with Gasteiger partial charge in [-0.15, -0.1) is 0 Å². The average molecular weight is 227 g/mol. The largest absolute Gasteiger partial charge is 0.381 e. The van der Waals surface area contributed by atoms with Crippen molar-refractivity contribution in [3.63, 3.8) is 0 Å². The molecule has 1 unspecified atom stereocenters. The molecule has 0 aromatic carbocycles. The number of nitrogens with one attached hydrogen (secondary N) is 1. The molecule has 1 heterocycles. The maximum atomic E-state index is 11.4. The Bertz CT molecular complexity index is 314. The lowest BCUT2D eigenvalue weighted by Crippen LogP contribution is -2.46. The molecule has 0 aliphatic heterocycles. The average Bonchev–Trinajstić information content (AvgIpc) is 2.54. The van der Waals surface area contributed by atoms with Crippen LogP contribution in [0.5, 0.6) is 0 Å². The van der Waals surface area contributed by atoms with E-state index in [0.717, 1.165) is 6.42 Å². The van der Waals surface area contributed by atoms with Gasteiger partial charge in [-0.1, -0.05) is 0 Å². The number of hydrogen-bond acceptors (Lipinski definition) is 3.